The summed E-state index contributed by atoms with van der Waals surface area (Å²) in [6, 6.07) is 20.9. The lowest BCUT2D eigenvalue weighted by Crippen LogP contribution is -2.27. The van der Waals surface area contributed by atoms with Crippen LogP contribution in [0.4, 0.5) is 4.79 Å². The highest BCUT2D eigenvalue weighted by Crippen LogP contribution is 2.40. The Kier molecular flexibility index (Phi) is 8.27. The molecule has 1 saturated heterocycles. The minimum atomic E-state index is -0.638. The molecule has 10 heteroatoms. The fraction of sp³-hybridized carbons (Fsp3) is 0.167. The van der Waals surface area contributed by atoms with E-state index in [1.165, 1.54) is 19.2 Å². The molecule has 1 aliphatic rings. The van der Waals surface area contributed by atoms with Gasteiger partial charge in [-0.05, 0) is 92.9 Å². The van der Waals surface area contributed by atoms with E-state index in [0.29, 0.717) is 40.5 Å². The number of thioether (sulfide) groups is 1. The smallest absolute Gasteiger partial charge is 0.373 e. The number of rotatable bonds is 9. The minimum Gasteiger partial charge on any atom is -0.490 e. The van der Waals surface area contributed by atoms with E-state index in [9.17, 15) is 14.4 Å². The monoisotopic (exact) mass is 621 g/mol. The SMILES string of the molecule is CCOc1cc(/C=C2/SC(=O)N(Cc3ccc(C(=O)OC)o3)C2=O)cc(Br)c1OCc1ccc2ccccc2c1. The lowest BCUT2D eigenvalue weighted by Gasteiger charge is -2.15. The standard InChI is InChI=1S/C30H24BrNO7S/c1-3-37-25-14-19(13-23(31)27(25)38-17-18-8-9-20-6-4-5-7-21(20)12-18)15-26-28(33)32(30(35)40-26)16-22-10-11-24(39-22)29(34)36-2/h4-15H,3,16-17H2,1-2H3/b26-15+. The van der Waals surface area contributed by atoms with Gasteiger partial charge in [0, 0.05) is 0 Å². The van der Waals surface area contributed by atoms with Crippen molar-refractivity contribution in [3.8, 4) is 11.5 Å². The van der Waals surface area contributed by atoms with Crippen LogP contribution in [-0.2, 0) is 22.7 Å². The lowest BCUT2D eigenvalue weighted by molar-refractivity contribution is -0.123. The summed E-state index contributed by atoms with van der Waals surface area (Å²) in [5, 5.41) is 1.85. The molecule has 1 fully saturated rings. The average molecular weight is 622 g/mol. The lowest BCUT2D eigenvalue weighted by atomic mass is 10.1. The van der Waals surface area contributed by atoms with Gasteiger partial charge in [0.2, 0.25) is 5.76 Å². The van der Waals surface area contributed by atoms with E-state index >= 15 is 0 Å². The molecule has 1 aliphatic heterocycles. The first-order valence-corrected chi connectivity index (χ1v) is 14.0. The minimum absolute atomic E-state index is 0.00348. The zero-order chi connectivity index (χ0) is 28.2. The fourth-order valence-corrected chi connectivity index (χ4v) is 5.59. The maximum atomic E-state index is 13.1. The number of esters is 1. The molecule has 2 amide bonds. The predicted octanol–water partition coefficient (Wildman–Crippen LogP) is 7.20. The van der Waals surface area contributed by atoms with Crippen molar-refractivity contribution in [3.63, 3.8) is 0 Å². The maximum Gasteiger partial charge on any atom is 0.373 e. The second kappa shape index (κ2) is 12.0. The highest BCUT2D eigenvalue weighted by atomic mass is 79.9. The number of imide groups is 1. The average Bonchev–Trinajstić information content (AvgIpc) is 3.52. The molecule has 2 heterocycles. The van der Waals surface area contributed by atoms with Crippen molar-refractivity contribution in [3.05, 3.63) is 98.8 Å². The molecule has 0 spiro atoms. The first-order valence-electron chi connectivity index (χ1n) is 12.4. The number of fused-ring (bicyclic) bond motifs is 1. The van der Waals surface area contributed by atoms with Crippen LogP contribution >= 0.6 is 27.7 Å². The molecular weight excluding hydrogens is 598 g/mol. The van der Waals surface area contributed by atoms with E-state index in [0.717, 1.165) is 33.0 Å². The number of benzene rings is 3. The normalized spacial score (nSPS) is 14.3. The van der Waals surface area contributed by atoms with E-state index in [1.54, 1.807) is 18.2 Å². The van der Waals surface area contributed by atoms with Crippen molar-refractivity contribution < 1.29 is 33.0 Å². The van der Waals surface area contributed by atoms with E-state index in [4.69, 9.17) is 13.9 Å². The van der Waals surface area contributed by atoms with Gasteiger partial charge in [-0.15, -0.1) is 0 Å². The van der Waals surface area contributed by atoms with Crippen molar-refractivity contribution in [2.24, 2.45) is 0 Å². The molecule has 0 aliphatic carbocycles. The van der Waals surface area contributed by atoms with Crippen LogP contribution in [0.15, 0.2) is 80.5 Å². The molecule has 3 aromatic carbocycles. The molecule has 4 aromatic rings. The summed E-state index contributed by atoms with van der Waals surface area (Å²) in [7, 11) is 1.24. The molecular formula is C30H24BrNO7S. The number of hydrogen-bond acceptors (Lipinski definition) is 8. The van der Waals surface area contributed by atoms with Crippen LogP contribution in [0.5, 0.6) is 11.5 Å². The second-order valence-electron chi connectivity index (χ2n) is 8.76. The number of carbonyl (C=O) groups excluding carboxylic acids is 3. The summed E-state index contributed by atoms with van der Waals surface area (Å²) in [5.41, 5.74) is 1.67. The van der Waals surface area contributed by atoms with Crippen LogP contribution < -0.4 is 9.47 Å². The molecule has 0 saturated carbocycles. The zero-order valence-electron chi connectivity index (χ0n) is 21.6. The first-order chi connectivity index (χ1) is 19.4. The van der Waals surface area contributed by atoms with Gasteiger partial charge in [0.15, 0.2) is 11.5 Å². The molecule has 0 radical (unpaired) electrons. The van der Waals surface area contributed by atoms with Gasteiger partial charge in [0.05, 0.1) is 29.6 Å². The van der Waals surface area contributed by atoms with Gasteiger partial charge >= 0.3 is 5.97 Å². The Bertz CT molecular complexity index is 1640. The fourth-order valence-electron chi connectivity index (χ4n) is 4.18. The third-order valence-electron chi connectivity index (χ3n) is 6.06. The van der Waals surface area contributed by atoms with Crippen LogP contribution in [0.2, 0.25) is 0 Å². The Labute approximate surface area is 243 Å². The number of methoxy groups -OCH3 is 1. The van der Waals surface area contributed by atoms with Crippen molar-refractivity contribution in [1.29, 1.82) is 0 Å². The topological polar surface area (TPSA) is 95.3 Å². The largest absolute Gasteiger partial charge is 0.490 e. The van der Waals surface area contributed by atoms with E-state index in [1.807, 2.05) is 25.1 Å². The highest BCUT2D eigenvalue weighted by molar-refractivity contribution is 9.10. The third-order valence-corrected chi connectivity index (χ3v) is 7.56. The zero-order valence-corrected chi connectivity index (χ0v) is 24.0. The molecule has 0 unspecified atom stereocenters. The second-order valence-corrected chi connectivity index (χ2v) is 10.6. The maximum absolute atomic E-state index is 13.1. The Hall–Kier alpha value is -4.02. The third kappa shape index (κ3) is 5.93. The Morgan fingerprint density at radius 3 is 2.60 bits per heavy atom. The molecule has 0 bridgehead atoms. The van der Waals surface area contributed by atoms with Crippen LogP contribution in [0.1, 0.15) is 34.4 Å². The molecule has 0 N–H and O–H groups in total. The Morgan fingerprint density at radius 1 is 1.02 bits per heavy atom. The van der Waals surface area contributed by atoms with Crippen molar-refractivity contribution in [1.82, 2.24) is 4.90 Å². The molecule has 0 atom stereocenters. The molecule has 204 valence electrons. The van der Waals surface area contributed by atoms with Gasteiger partial charge < -0.3 is 18.6 Å². The number of carbonyl (C=O) groups is 3. The number of ether oxygens (including phenoxy) is 3. The van der Waals surface area contributed by atoms with Gasteiger partial charge in [0.25, 0.3) is 11.1 Å². The quantitative estimate of drug-likeness (QED) is 0.143. The van der Waals surface area contributed by atoms with Gasteiger partial charge in [-0.2, -0.15) is 0 Å². The molecule has 1 aromatic heterocycles. The summed E-state index contributed by atoms with van der Waals surface area (Å²) >= 11 is 4.41. The number of nitrogens with zero attached hydrogens (tertiary/aromatic N) is 1. The van der Waals surface area contributed by atoms with Gasteiger partial charge in [-0.1, -0.05) is 36.4 Å². The summed E-state index contributed by atoms with van der Waals surface area (Å²) in [5.74, 6) is 0.237. The number of furan rings is 1. The first kappa shape index (κ1) is 27.5. The number of amides is 2. The van der Waals surface area contributed by atoms with Crippen molar-refractivity contribution >= 4 is 61.7 Å². The van der Waals surface area contributed by atoms with Crippen LogP contribution in [0, 0.1) is 0 Å². The molecule has 40 heavy (non-hydrogen) atoms. The van der Waals surface area contributed by atoms with Gasteiger partial charge in [0.1, 0.15) is 12.4 Å². The van der Waals surface area contributed by atoms with E-state index in [2.05, 4.69) is 44.9 Å². The van der Waals surface area contributed by atoms with Gasteiger partial charge in [-0.25, -0.2) is 4.79 Å². The van der Waals surface area contributed by atoms with E-state index in [-0.39, 0.29) is 17.2 Å². The van der Waals surface area contributed by atoms with Crippen LogP contribution in [-0.4, -0.2) is 35.7 Å². The summed E-state index contributed by atoms with van der Waals surface area (Å²) in [6.45, 7) is 2.52. The Balaban J connectivity index is 1.33. The van der Waals surface area contributed by atoms with Gasteiger partial charge in [-0.3, -0.25) is 14.5 Å². The van der Waals surface area contributed by atoms with Crippen molar-refractivity contribution in [2.75, 3.05) is 13.7 Å². The van der Waals surface area contributed by atoms with Crippen LogP contribution in [0.25, 0.3) is 16.8 Å². The Morgan fingerprint density at radius 2 is 1.82 bits per heavy atom. The highest BCUT2D eigenvalue weighted by Gasteiger charge is 2.36. The summed E-state index contributed by atoms with van der Waals surface area (Å²) in [4.78, 5) is 38.6. The summed E-state index contributed by atoms with van der Waals surface area (Å²) in [6.07, 6.45) is 1.63. The van der Waals surface area contributed by atoms with Crippen LogP contribution in [0.3, 0.4) is 0 Å². The van der Waals surface area contributed by atoms with Crippen molar-refractivity contribution in [2.45, 2.75) is 20.1 Å². The number of halogens is 1. The molecule has 5 rings (SSSR count). The molecule has 8 nitrogen and oxygen atoms in total. The van der Waals surface area contributed by atoms with E-state index < -0.39 is 17.1 Å². The number of hydrogen-bond donors (Lipinski definition) is 0. The summed E-state index contributed by atoms with van der Waals surface area (Å²) < 4.78 is 22.7. The predicted molar refractivity (Wildman–Crippen MR) is 155 cm³/mol.